The second kappa shape index (κ2) is 7.79. The summed E-state index contributed by atoms with van der Waals surface area (Å²) in [6, 6.07) is 2.15. The fourth-order valence-corrected chi connectivity index (χ4v) is 2.97. The molecule has 118 valence electrons. The normalized spacial score (nSPS) is 16.4. The Morgan fingerprint density at radius 1 is 1.24 bits per heavy atom. The lowest BCUT2D eigenvalue weighted by Gasteiger charge is -2.24. The first-order chi connectivity index (χ1) is 10.1. The third-order valence-corrected chi connectivity index (χ3v) is 4.12. The summed E-state index contributed by atoms with van der Waals surface area (Å²) in [6.45, 7) is 10.5. The van der Waals surface area contributed by atoms with Crippen molar-refractivity contribution < 1.29 is 4.74 Å². The zero-order valence-electron chi connectivity index (χ0n) is 14.0. The molecule has 1 N–H and O–H groups in total. The number of aromatic nitrogens is 1. The molecule has 0 spiro atoms. The van der Waals surface area contributed by atoms with Crippen LogP contribution in [-0.4, -0.2) is 17.6 Å². The van der Waals surface area contributed by atoms with Crippen LogP contribution in [0.4, 0.5) is 0 Å². The summed E-state index contributed by atoms with van der Waals surface area (Å²) < 4.78 is 6.25. The van der Waals surface area contributed by atoms with E-state index in [4.69, 9.17) is 4.74 Å². The third-order valence-electron chi connectivity index (χ3n) is 4.12. The molecule has 0 atom stereocenters. The Hall–Kier alpha value is -1.09. The van der Waals surface area contributed by atoms with E-state index < -0.39 is 0 Å². The fraction of sp³-hybridized carbons (Fsp3) is 0.722. The Kier molecular flexibility index (Phi) is 6.04. The second-order valence-electron chi connectivity index (χ2n) is 6.77. The van der Waals surface area contributed by atoms with Crippen molar-refractivity contribution in [1.82, 2.24) is 10.3 Å². The first kappa shape index (κ1) is 16.3. The van der Waals surface area contributed by atoms with E-state index in [9.17, 15) is 0 Å². The molecule has 0 saturated heterocycles. The Morgan fingerprint density at radius 2 is 1.95 bits per heavy atom. The maximum atomic E-state index is 6.25. The summed E-state index contributed by atoms with van der Waals surface area (Å²) in [6.07, 6.45) is 6.63. The Morgan fingerprint density at radius 3 is 2.62 bits per heavy atom. The maximum Gasteiger partial charge on any atom is 0.218 e. The lowest BCUT2D eigenvalue weighted by atomic mass is 9.98. The highest BCUT2D eigenvalue weighted by atomic mass is 16.5. The number of nitrogens with one attached hydrogen (secondary N) is 1. The van der Waals surface area contributed by atoms with Crippen molar-refractivity contribution in [3.05, 3.63) is 22.9 Å². The highest BCUT2D eigenvalue weighted by molar-refractivity contribution is 5.36. The van der Waals surface area contributed by atoms with Gasteiger partial charge < -0.3 is 10.1 Å². The van der Waals surface area contributed by atoms with Gasteiger partial charge in [-0.15, -0.1) is 0 Å². The number of ether oxygens (including phenoxy) is 1. The Balaban J connectivity index is 2.09. The van der Waals surface area contributed by atoms with Gasteiger partial charge in [-0.1, -0.05) is 20.3 Å². The summed E-state index contributed by atoms with van der Waals surface area (Å²) in [5.41, 5.74) is 3.56. The van der Waals surface area contributed by atoms with E-state index in [1.165, 1.54) is 43.2 Å². The monoisotopic (exact) mass is 290 g/mol. The van der Waals surface area contributed by atoms with Crippen molar-refractivity contribution in [2.45, 2.75) is 72.4 Å². The fourth-order valence-electron chi connectivity index (χ4n) is 2.97. The summed E-state index contributed by atoms with van der Waals surface area (Å²) >= 11 is 0. The number of rotatable bonds is 6. The van der Waals surface area contributed by atoms with Crippen LogP contribution in [0.5, 0.6) is 5.88 Å². The largest absolute Gasteiger partial charge is 0.474 e. The molecule has 3 heteroatoms. The first-order valence-electron chi connectivity index (χ1n) is 8.40. The van der Waals surface area contributed by atoms with Crippen molar-refractivity contribution >= 4 is 0 Å². The van der Waals surface area contributed by atoms with E-state index in [0.717, 1.165) is 24.7 Å². The van der Waals surface area contributed by atoms with Crippen LogP contribution in [0.25, 0.3) is 0 Å². The SMILES string of the molecule is Cc1cc(C)c(CNCC(C)C)c(OC2CCCCC2)n1. The minimum absolute atomic E-state index is 0.358. The van der Waals surface area contributed by atoms with Crippen molar-refractivity contribution in [3.8, 4) is 5.88 Å². The van der Waals surface area contributed by atoms with Crippen LogP contribution in [0.15, 0.2) is 6.07 Å². The van der Waals surface area contributed by atoms with E-state index in [-0.39, 0.29) is 0 Å². The number of pyridine rings is 1. The van der Waals surface area contributed by atoms with Crippen molar-refractivity contribution in [2.75, 3.05) is 6.54 Å². The molecule has 0 unspecified atom stereocenters. The molecule has 1 aliphatic rings. The molecule has 1 aromatic heterocycles. The van der Waals surface area contributed by atoms with E-state index in [1.807, 2.05) is 6.92 Å². The van der Waals surface area contributed by atoms with E-state index >= 15 is 0 Å². The van der Waals surface area contributed by atoms with Crippen LogP contribution in [0.3, 0.4) is 0 Å². The van der Waals surface area contributed by atoms with Crippen LogP contribution in [0.1, 0.15) is 62.8 Å². The minimum atomic E-state index is 0.358. The average Bonchev–Trinajstić information content (AvgIpc) is 2.42. The summed E-state index contributed by atoms with van der Waals surface area (Å²) in [4.78, 5) is 4.66. The zero-order valence-corrected chi connectivity index (χ0v) is 14.0. The molecule has 1 aromatic rings. The highest BCUT2D eigenvalue weighted by Crippen LogP contribution is 2.26. The van der Waals surface area contributed by atoms with Crippen LogP contribution in [0.2, 0.25) is 0 Å². The van der Waals surface area contributed by atoms with Gasteiger partial charge in [0.25, 0.3) is 0 Å². The van der Waals surface area contributed by atoms with E-state index in [2.05, 4.69) is 37.1 Å². The second-order valence-corrected chi connectivity index (χ2v) is 6.77. The maximum absolute atomic E-state index is 6.25. The van der Waals surface area contributed by atoms with Gasteiger partial charge >= 0.3 is 0 Å². The molecule has 1 aliphatic carbocycles. The van der Waals surface area contributed by atoms with Gasteiger partial charge in [0.05, 0.1) is 0 Å². The highest BCUT2D eigenvalue weighted by Gasteiger charge is 2.18. The molecule has 1 saturated carbocycles. The van der Waals surface area contributed by atoms with Crippen LogP contribution >= 0.6 is 0 Å². The topological polar surface area (TPSA) is 34.1 Å². The average molecular weight is 290 g/mol. The number of nitrogens with zero attached hydrogens (tertiary/aromatic N) is 1. The smallest absolute Gasteiger partial charge is 0.218 e. The van der Waals surface area contributed by atoms with Gasteiger partial charge in [-0.2, -0.15) is 0 Å². The molecule has 21 heavy (non-hydrogen) atoms. The molecular weight excluding hydrogens is 260 g/mol. The van der Waals surface area contributed by atoms with Gasteiger partial charge in [0.15, 0.2) is 0 Å². The predicted octanol–water partition coefficient (Wildman–Crippen LogP) is 4.16. The molecule has 0 aliphatic heterocycles. The summed E-state index contributed by atoms with van der Waals surface area (Å²) in [5, 5.41) is 3.52. The lowest BCUT2D eigenvalue weighted by Crippen LogP contribution is -2.24. The summed E-state index contributed by atoms with van der Waals surface area (Å²) in [7, 11) is 0. The lowest BCUT2D eigenvalue weighted by molar-refractivity contribution is 0.146. The van der Waals surface area contributed by atoms with E-state index in [0.29, 0.717) is 12.0 Å². The minimum Gasteiger partial charge on any atom is -0.474 e. The molecule has 1 fully saturated rings. The van der Waals surface area contributed by atoms with Crippen LogP contribution < -0.4 is 10.1 Å². The van der Waals surface area contributed by atoms with Crippen molar-refractivity contribution in [3.63, 3.8) is 0 Å². The van der Waals surface area contributed by atoms with Gasteiger partial charge in [-0.3, -0.25) is 0 Å². The Bertz CT molecular complexity index is 451. The molecule has 1 heterocycles. The Labute approximate surface area is 129 Å². The molecule has 0 amide bonds. The van der Waals surface area contributed by atoms with Gasteiger partial charge in [-0.05, 0) is 63.6 Å². The third kappa shape index (κ3) is 4.99. The van der Waals surface area contributed by atoms with Gasteiger partial charge in [0.2, 0.25) is 5.88 Å². The van der Waals surface area contributed by atoms with Gasteiger partial charge in [0, 0.05) is 17.8 Å². The number of hydrogen-bond donors (Lipinski definition) is 1. The molecule has 0 aromatic carbocycles. The number of hydrogen-bond acceptors (Lipinski definition) is 3. The molecule has 0 bridgehead atoms. The predicted molar refractivity (Wildman–Crippen MR) is 87.8 cm³/mol. The quantitative estimate of drug-likeness (QED) is 0.854. The van der Waals surface area contributed by atoms with Crippen LogP contribution in [-0.2, 0) is 6.54 Å². The standard InChI is InChI=1S/C18H30N2O/c1-13(2)11-19-12-17-14(3)10-15(4)20-18(17)21-16-8-6-5-7-9-16/h10,13,16,19H,5-9,11-12H2,1-4H3. The zero-order chi connectivity index (χ0) is 15.2. The molecule has 3 nitrogen and oxygen atoms in total. The summed E-state index contributed by atoms with van der Waals surface area (Å²) in [5.74, 6) is 1.52. The van der Waals surface area contributed by atoms with Gasteiger partial charge in [0.1, 0.15) is 6.10 Å². The molecular formula is C18H30N2O. The van der Waals surface area contributed by atoms with Gasteiger partial charge in [-0.25, -0.2) is 4.98 Å². The van der Waals surface area contributed by atoms with E-state index in [1.54, 1.807) is 0 Å². The van der Waals surface area contributed by atoms with Crippen LogP contribution in [0, 0.1) is 19.8 Å². The first-order valence-corrected chi connectivity index (χ1v) is 8.40. The molecule has 0 radical (unpaired) electrons. The van der Waals surface area contributed by atoms with Crippen molar-refractivity contribution in [2.24, 2.45) is 5.92 Å². The van der Waals surface area contributed by atoms with Crippen molar-refractivity contribution in [1.29, 1.82) is 0 Å². The molecule has 2 rings (SSSR count). The number of aryl methyl sites for hydroxylation is 2.